The molecule has 6 heteroatoms. The van der Waals surface area contributed by atoms with E-state index in [1.165, 1.54) is 5.56 Å². The number of carbonyl (C=O) groups is 1. The summed E-state index contributed by atoms with van der Waals surface area (Å²) in [6, 6.07) is 11.5. The highest BCUT2D eigenvalue weighted by Crippen LogP contribution is 2.33. The first-order valence-electron chi connectivity index (χ1n) is 9.85. The van der Waals surface area contributed by atoms with Gasteiger partial charge in [-0.3, -0.25) is 9.69 Å². The zero-order chi connectivity index (χ0) is 17.8. The summed E-state index contributed by atoms with van der Waals surface area (Å²) in [6.45, 7) is 5.01. The lowest BCUT2D eigenvalue weighted by Gasteiger charge is -2.42. The molecule has 1 saturated heterocycles. The molecule has 1 aliphatic heterocycles. The zero-order valence-electron chi connectivity index (χ0n) is 16.5. The summed E-state index contributed by atoms with van der Waals surface area (Å²) in [5, 5.41) is 0. The average molecular weight is 416 g/mol. The molecule has 1 aliphatic carbocycles. The number of carbonyl (C=O) groups excluding carboxylic acids is 1. The minimum absolute atomic E-state index is 0. The van der Waals surface area contributed by atoms with E-state index in [2.05, 4.69) is 47.1 Å². The summed E-state index contributed by atoms with van der Waals surface area (Å²) in [4.78, 5) is 17.5. The maximum Gasteiger partial charge on any atom is 0.226 e. The van der Waals surface area contributed by atoms with Gasteiger partial charge in [0.05, 0.1) is 0 Å². The molecule has 0 aromatic heterocycles. The van der Waals surface area contributed by atoms with Crippen LogP contribution >= 0.6 is 24.8 Å². The van der Waals surface area contributed by atoms with E-state index in [9.17, 15) is 4.79 Å². The zero-order valence-corrected chi connectivity index (χ0v) is 18.2. The van der Waals surface area contributed by atoms with E-state index in [4.69, 9.17) is 5.73 Å². The first-order chi connectivity index (χ1) is 12.1. The highest BCUT2D eigenvalue weighted by molar-refractivity contribution is 5.85. The molecule has 2 aliphatic rings. The Kier molecular flexibility index (Phi) is 10.1. The Bertz CT molecular complexity index is 572. The lowest BCUT2D eigenvalue weighted by molar-refractivity contribution is -0.138. The summed E-state index contributed by atoms with van der Waals surface area (Å²) < 4.78 is 0. The van der Waals surface area contributed by atoms with Gasteiger partial charge in [0.25, 0.3) is 0 Å². The van der Waals surface area contributed by atoms with Crippen molar-refractivity contribution in [3.63, 3.8) is 0 Å². The molecule has 1 aromatic rings. The number of nitrogens with zero attached hydrogens (tertiary/aromatic N) is 2. The van der Waals surface area contributed by atoms with E-state index in [0.29, 0.717) is 30.5 Å². The van der Waals surface area contributed by atoms with Crippen molar-refractivity contribution in [3.05, 3.63) is 35.9 Å². The Morgan fingerprint density at radius 2 is 1.89 bits per heavy atom. The van der Waals surface area contributed by atoms with Crippen molar-refractivity contribution >= 4 is 30.7 Å². The van der Waals surface area contributed by atoms with Crippen molar-refractivity contribution in [3.8, 4) is 0 Å². The third-order valence-corrected chi connectivity index (χ3v) is 6.39. The molecule has 1 heterocycles. The van der Waals surface area contributed by atoms with Crippen LogP contribution in [0.5, 0.6) is 0 Å². The molecule has 27 heavy (non-hydrogen) atoms. The predicted molar refractivity (Wildman–Crippen MR) is 116 cm³/mol. The molecule has 0 spiro atoms. The van der Waals surface area contributed by atoms with Crippen molar-refractivity contribution in [2.75, 3.05) is 20.1 Å². The van der Waals surface area contributed by atoms with Gasteiger partial charge in [-0.1, -0.05) is 36.8 Å². The van der Waals surface area contributed by atoms with Gasteiger partial charge < -0.3 is 10.6 Å². The Morgan fingerprint density at radius 1 is 1.19 bits per heavy atom. The number of hydrogen-bond donors (Lipinski definition) is 1. The van der Waals surface area contributed by atoms with Crippen LogP contribution in [0.25, 0.3) is 0 Å². The van der Waals surface area contributed by atoms with Gasteiger partial charge in [-0.25, -0.2) is 0 Å². The topological polar surface area (TPSA) is 49.6 Å². The van der Waals surface area contributed by atoms with Gasteiger partial charge in [0, 0.05) is 38.1 Å². The van der Waals surface area contributed by atoms with Gasteiger partial charge in [-0.05, 0) is 50.6 Å². The maximum atomic E-state index is 12.9. The number of amides is 1. The summed E-state index contributed by atoms with van der Waals surface area (Å²) in [7, 11) is 2.01. The number of hydrogen-bond acceptors (Lipinski definition) is 3. The van der Waals surface area contributed by atoms with Crippen LogP contribution in [0.1, 0.15) is 44.6 Å². The number of piperidine rings is 1. The molecule has 4 nitrogen and oxygen atoms in total. The van der Waals surface area contributed by atoms with Gasteiger partial charge in [0.15, 0.2) is 0 Å². The molecule has 154 valence electrons. The predicted octanol–water partition coefficient (Wildman–Crippen LogP) is 3.72. The summed E-state index contributed by atoms with van der Waals surface area (Å²) in [5.74, 6) is 0.889. The number of rotatable bonds is 5. The van der Waals surface area contributed by atoms with E-state index in [0.717, 1.165) is 45.2 Å². The number of halogens is 2. The van der Waals surface area contributed by atoms with Crippen LogP contribution in [0, 0.1) is 11.8 Å². The molecular weight excluding hydrogens is 381 g/mol. The van der Waals surface area contributed by atoms with Crippen molar-refractivity contribution in [1.82, 2.24) is 9.80 Å². The first kappa shape index (κ1) is 24.2. The number of likely N-dealkylation sites (tertiary alicyclic amines) is 1. The Labute approximate surface area is 176 Å². The summed E-state index contributed by atoms with van der Waals surface area (Å²) >= 11 is 0. The molecule has 2 unspecified atom stereocenters. The second-order valence-electron chi connectivity index (χ2n) is 7.97. The molecule has 1 saturated carbocycles. The summed E-state index contributed by atoms with van der Waals surface area (Å²) in [5.41, 5.74) is 7.25. The number of nitrogens with two attached hydrogens (primary N) is 1. The van der Waals surface area contributed by atoms with Gasteiger partial charge in [0.2, 0.25) is 5.91 Å². The van der Waals surface area contributed by atoms with E-state index in [1.807, 2.05) is 7.05 Å². The van der Waals surface area contributed by atoms with E-state index < -0.39 is 0 Å². The lowest BCUT2D eigenvalue weighted by Crippen LogP contribution is -2.50. The third kappa shape index (κ3) is 5.83. The minimum Gasteiger partial charge on any atom is -0.342 e. The Hall–Kier alpha value is -0.810. The molecule has 0 bridgehead atoms. The van der Waals surface area contributed by atoms with Crippen LogP contribution in [0.2, 0.25) is 0 Å². The Balaban J connectivity index is 0.00000182. The quantitative estimate of drug-likeness (QED) is 0.796. The normalized spacial score (nSPS) is 28.1. The molecule has 2 fully saturated rings. The second kappa shape index (κ2) is 11.3. The standard InChI is InChI=1S/C21H33N3O.2ClH/c1-16-13-19(11-12-24(16)15-17-7-4-3-5-8-17)23(2)21(25)20-10-6-9-18(20)14-22;;/h3-5,7-8,16,18-20H,6,9-15,22H2,1-2H3;2*1H/t16?,18-,19?,20-;;/m1../s1. The Morgan fingerprint density at radius 3 is 2.52 bits per heavy atom. The van der Waals surface area contributed by atoms with Crippen LogP contribution in [0.4, 0.5) is 0 Å². The first-order valence-corrected chi connectivity index (χ1v) is 9.85. The SMILES string of the molecule is CC1CC(N(C)C(=O)[C@@H]2CCC[C@@H]2CN)CCN1Cc1ccccc1.Cl.Cl. The van der Waals surface area contributed by atoms with Crippen LogP contribution in [-0.2, 0) is 11.3 Å². The summed E-state index contributed by atoms with van der Waals surface area (Å²) in [6.07, 6.45) is 5.42. The van der Waals surface area contributed by atoms with Crippen LogP contribution in [0.15, 0.2) is 30.3 Å². The monoisotopic (exact) mass is 415 g/mol. The van der Waals surface area contributed by atoms with E-state index >= 15 is 0 Å². The average Bonchev–Trinajstić information content (AvgIpc) is 3.12. The molecule has 3 rings (SSSR count). The van der Waals surface area contributed by atoms with Gasteiger partial charge in [0.1, 0.15) is 0 Å². The fourth-order valence-corrected chi connectivity index (χ4v) is 4.69. The fourth-order valence-electron chi connectivity index (χ4n) is 4.69. The van der Waals surface area contributed by atoms with Crippen molar-refractivity contribution in [2.45, 2.75) is 57.7 Å². The van der Waals surface area contributed by atoms with Crippen molar-refractivity contribution in [2.24, 2.45) is 17.6 Å². The molecule has 4 atom stereocenters. The van der Waals surface area contributed by atoms with Crippen LogP contribution in [0.3, 0.4) is 0 Å². The largest absolute Gasteiger partial charge is 0.342 e. The molecule has 1 amide bonds. The highest BCUT2D eigenvalue weighted by atomic mass is 35.5. The third-order valence-electron chi connectivity index (χ3n) is 6.39. The minimum atomic E-state index is 0. The van der Waals surface area contributed by atoms with Crippen molar-refractivity contribution < 1.29 is 4.79 Å². The van der Waals surface area contributed by atoms with E-state index in [1.54, 1.807) is 0 Å². The maximum absolute atomic E-state index is 12.9. The molecule has 2 N–H and O–H groups in total. The molecular formula is C21H35Cl2N3O. The second-order valence-corrected chi connectivity index (χ2v) is 7.97. The lowest BCUT2D eigenvalue weighted by atomic mass is 9.91. The van der Waals surface area contributed by atoms with Gasteiger partial charge in [-0.2, -0.15) is 0 Å². The molecule has 1 aromatic carbocycles. The van der Waals surface area contributed by atoms with Crippen LogP contribution < -0.4 is 5.73 Å². The van der Waals surface area contributed by atoms with E-state index in [-0.39, 0.29) is 30.7 Å². The van der Waals surface area contributed by atoms with Gasteiger partial charge >= 0.3 is 0 Å². The molecule has 0 radical (unpaired) electrons. The van der Waals surface area contributed by atoms with Gasteiger partial charge in [-0.15, -0.1) is 24.8 Å². The fraction of sp³-hybridized carbons (Fsp3) is 0.667. The van der Waals surface area contributed by atoms with Crippen molar-refractivity contribution in [1.29, 1.82) is 0 Å². The smallest absolute Gasteiger partial charge is 0.226 e. The highest BCUT2D eigenvalue weighted by Gasteiger charge is 2.37. The van der Waals surface area contributed by atoms with Crippen LogP contribution in [-0.4, -0.2) is 47.9 Å². The number of benzene rings is 1.